The fraction of sp³-hybridized carbons (Fsp3) is 0.857. The normalized spacial score (nSPS) is 23.8. The Morgan fingerprint density at radius 1 is 1.50 bits per heavy atom. The summed E-state index contributed by atoms with van der Waals surface area (Å²) in [4.78, 5) is 10.4. The zero-order valence-electron chi connectivity index (χ0n) is 6.29. The monoisotopic (exact) mass is 144 g/mol. The predicted octanol–water partition coefficient (Wildman–Crippen LogP) is 0.379. The lowest BCUT2D eigenvalue weighted by Crippen LogP contribution is -2.33. The van der Waals surface area contributed by atoms with Gasteiger partial charge in [0.25, 0.3) is 0 Å². The van der Waals surface area contributed by atoms with Crippen molar-refractivity contribution in [1.29, 1.82) is 0 Å². The number of carbonyl (C=O) groups excluding carboxylic acids is 1. The molecule has 0 bridgehead atoms. The minimum absolute atomic E-state index is 0.281. The SMILES string of the molecule is COC(C=O)C1(OC)CC1. The van der Waals surface area contributed by atoms with Crippen LogP contribution in [0.5, 0.6) is 0 Å². The van der Waals surface area contributed by atoms with Crippen LogP contribution in [0.25, 0.3) is 0 Å². The average Bonchev–Trinajstić information content (AvgIpc) is 2.72. The molecule has 1 fully saturated rings. The van der Waals surface area contributed by atoms with Gasteiger partial charge in [-0.25, -0.2) is 0 Å². The molecule has 3 nitrogen and oxygen atoms in total. The smallest absolute Gasteiger partial charge is 0.151 e. The molecule has 0 N–H and O–H groups in total. The Balaban J connectivity index is 2.51. The average molecular weight is 144 g/mol. The van der Waals surface area contributed by atoms with Crippen molar-refractivity contribution in [2.75, 3.05) is 14.2 Å². The summed E-state index contributed by atoms with van der Waals surface area (Å²) >= 11 is 0. The summed E-state index contributed by atoms with van der Waals surface area (Å²) in [7, 11) is 3.14. The molecule has 1 unspecified atom stereocenters. The first kappa shape index (κ1) is 7.69. The highest BCUT2D eigenvalue weighted by Crippen LogP contribution is 2.42. The summed E-state index contributed by atoms with van der Waals surface area (Å²) in [5.74, 6) is 0. The second-order valence-corrected chi connectivity index (χ2v) is 2.56. The minimum Gasteiger partial charge on any atom is -0.375 e. The van der Waals surface area contributed by atoms with E-state index >= 15 is 0 Å². The number of ether oxygens (including phenoxy) is 2. The van der Waals surface area contributed by atoms with Gasteiger partial charge in [0.15, 0.2) is 6.29 Å². The fourth-order valence-electron chi connectivity index (χ4n) is 1.12. The summed E-state index contributed by atoms with van der Waals surface area (Å²) in [6.07, 6.45) is 2.29. The van der Waals surface area contributed by atoms with E-state index in [9.17, 15) is 4.79 Å². The third-order valence-corrected chi connectivity index (χ3v) is 2.05. The lowest BCUT2D eigenvalue weighted by atomic mass is 10.2. The molecule has 1 aliphatic carbocycles. The van der Waals surface area contributed by atoms with Crippen LogP contribution < -0.4 is 0 Å². The molecule has 0 amide bonds. The highest BCUT2D eigenvalue weighted by atomic mass is 16.5. The van der Waals surface area contributed by atoms with Crippen LogP contribution in [0.2, 0.25) is 0 Å². The molecular formula is C7H12O3. The molecular weight excluding hydrogens is 132 g/mol. The first-order valence-corrected chi connectivity index (χ1v) is 3.32. The quantitative estimate of drug-likeness (QED) is 0.535. The van der Waals surface area contributed by atoms with Gasteiger partial charge in [0, 0.05) is 14.2 Å². The Labute approximate surface area is 60.3 Å². The molecule has 58 valence electrons. The van der Waals surface area contributed by atoms with Crippen LogP contribution in [-0.2, 0) is 14.3 Å². The second-order valence-electron chi connectivity index (χ2n) is 2.56. The van der Waals surface area contributed by atoms with Gasteiger partial charge in [-0.1, -0.05) is 0 Å². The van der Waals surface area contributed by atoms with Crippen molar-refractivity contribution < 1.29 is 14.3 Å². The third kappa shape index (κ3) is 1.07. The summed E-state index contributed by atoms with van der Waals surface area (Å²) in [5, 5.41) is 0. The van der Waals surface area contributed by atoms with Crippen molar-refractivity contribution in [2.45, 2.75) is 24.5 Å². The number of aldehydes is 1. The van der Waals surface area contributed by atoms with Crippen molar-refractivity contribution >= 4 is 6.29 Å². The topological polar surface area (TPSA) is 35.5 Å². The van der Waals surface area contributed by atoms with E-state index in [1.54, 1.807) is 7.11 Å². The van der Waals surface area contributed by atoms with E-state index in [4.69, 9.17) is 9.47 Å². The van der Waals surface area contributed by atoms with Crippen LogP contribution in [0.3, 0.4) is 0 Å². The predicted molar refractivity (Wildman–Crippen MR) is 35.8 cm³/mol. The van der Waals surface area contributed by atoms with Gasteiger partial charge in [-0.3, -0.25) is 0 Å². The molecule has 1 saturated carbocycles. The fourth-order valence-corrected chi connectivity index (χ4v) is 1.12. The van der Waals surface area contributed by atoms with Gasteiger partial charge in [-0.2, -0.15) is 0 Å². The molecule has 0 spiro atoms. The van der Waals surface area contributed by atoms with E-state index in [2.05, 4.69) is 0 Å². The second kappa shape index (κ2) is 2.68. The molecule has 0 aromatic carbocycles. The Morgan fingerprint density at radius 3 is 2.20 bits per heavy atom. The van der Waals surface area contributed by atoms with Gasteiger partial charge in [-0.05, 0) is 12.8 Å². The number of hydrogen-bond acceptors (Lipinski definition) is 3. The Bertz CT molecular complexity index is 129. The lowest BCUT2D eigenvalue weighted by Gasteiger charge is -2.18. The molecule has 0 aliphatic heterocycles. The van der Waals surface area contributed by atoms with Crippen molar-refractivity contribution in [1.82, 2.24) is 0 Å². The molecule has 1 rings (SSSR count). The molecule has 0 radical (unpaired) electrons. The van der Waals surface area contributed by atoms with E-state index in [0.717, 1.165) is 19.1 Å². The highest BCUT2D eigenvalue weighted by Gasteiger charge is 2.50. The maximum absolute atomic E-state index is 10.4. The van der Waals surface area contributed by atoms with Gasteiger partial charge >= 0.3 is 0 Å². The van der Waals surface area contributed by atoms with E-state index in [0.29, 0.717) is 0 Å². The maximum Gasteiger partial charge on any atom is 0.151 e. The number of carbonyl (C=O) groups is 1. The number of methoxy groups -OCH3 is 2. The summed E-state index contributed by atoms with van der Waals surface area (Å²) in [5.41, 5.74) is -0.281. The summed E-state index contributed by atoms with van der Waals surface area (Å²) in [6.45, 7) is 0. The first-order chi connectivity index (χ1) is 4.79. The van der Waals surface area contributed by atoms with E-state index in [1.165, 1.54) is 7.11 Å². The van der Waals surface area contributed by atoms with E-state index in [-0.39, 0.29) is 11.7 Å². The molecule has 1 aliphatic rings. The molecule has 1 atom stereocenters. The number of rotatable bonds is 4. The lowest BCUT2D eigenvalue weighted by molar-refractivity contribution is -0.127. The highest BCUT2D eigenvalue weighted by molar-refractivity contribution is 5.59. The van der Waals surface area contributed by atoms with Crippen LogP contribution in [0.1, 0.15) is 12.8 Å². The molecule has 0 saturated heterocycles. The van der Waals surface area contributed by atoms with Crippen LogP contribution in [0, 0.1) is 0 Å². The number of hydrogen-bond donors (Lipinski definition) is 0. The van der Waals surface area contributed by atoms with Crippen LogP contribution in [0.15, 0.2) is 0 Å². The van der Waals surface area contributed by atoms with Crippen LogP contribution in [0.4, 0.5) is 0 Å². The van der Waals surface area contributed by atoms with Crippen LogP contribution >= 0.6 is 0 Å². The Kier molecular flexibility index (Phi) is 2.06. The third-order valence-electron chi connectivity index (χ3n) is 2.05. The van der Waals surface area contributed by atoms with E-state index in [1.807, 2.05) is 0 Å². The maximum atomic E-state index is 10.4. The largest absolute Gasteiger partial charge is 0.375 e. The van der Waals surface area contributed by atoms with Crippen molar-refractivity contribution in [3.05, 3.63) is 0 Å². The van der Waals surface area contributed by atoms with Gasteiger partial charge in [0.2, 0.25) is 0 Å². The van der Waals surface area contributed by atoms with Crippen LogP contribution in [-0.4, -0.2) is 32.2 Å². The van der Waals surface area contributed by atoms with E-state index < -0.39 is 0 Å². The molecule has 0 aromatic heterocycles. The van der Waals surface area contributed by atoms with Gasteiger partial charge < -0.3 is 14.3 Å². The zero-order valence-corrected chi connectivity index (χ0v) is 6.29. The summed E-state index contributed by atoms with van der Waals surface area (Å²) in [6, 6.07) is 0. The molecule has 0 aromatic rings. The van der Waals surface area contributed by atoms with Crippen molar-refractivity contribution in [3.8, 4) is 0 Å². The van der Waals surface area contributed by atoms with Gasteiger partial charge in [0.05, 0.1) is 0 Å². The Morgan fingerprint density at radius 2 is 2.10 bits per heavy atom. The van der Waals surface area contributed by atoms with Crippen molar-refractivity contribution in [3.63, 3.8) is 0 Å². The minimum atomic E-state index is -0.377. The summed E-state index contributed by atoms with van der Waals surface area (Å²) < 4.78 is 10.1. The molecule has 0 heterocycles. The Hall–Kier alpha value is -0.410. The molecule has 10 heavy (non-hydrogen) atoms. The van der Waals surface area contributed by atoms with Gasteiger partial charge in [-0.15, -0.1) is 0 Å². The molecule has 3 heteroatoms. The van der Waals surface area contributed by atoms with Crippen molar-refractivity contribution in [2.24, 2.45) is 0 Å². The van der Waals surface area contributed by atoms with Gasteiger partial charge in [0.1, 0.15) is 11.7 Å². The standard InChI is InChI=1S/C7H12O3/c1-9-6(5-8)7(10-2)3-4-7/h5-6H,3-4H2,1-2H3. The first-order valence-electron chi connectivity index (χ1n) is 3.32. The zero-order chi connectivity index (χ0) is 7.61.